The zero-order valence-electron chi connectivity index (χ0n) is 17.9. The van der Waals surface area contributed by atoms with Crippen molar-refractivity contribution in [1.29, 1.82) is 0 Å². The highest BCUT2D eigenvalue weighted by atomic mass is 32.2. The zero-order chi connectivity index (χ0) is 23.2. The first-order valence-corrected chi connectivity index (χ1v) is 11.5. The van der Waals surface area contributed by atoms with Gasteiger partial charge in [-0.25, -0.2) is 4.79 Å². The van der Waals surface area contributed by atoms with Gasteiger partial charge in [0.1, 0.15) is 15.8 Å². The van der Waals surface area contributed by atoms with Crippen LogP contribution in [0.3, 0.4) is 0 Å². The average molecular weight is 476 g/mol. The van der Waals surface area contributed by atoms with Crippen molar-refractivity contribution in [3.05, 3.63) is 100 Å². The monoisotopic (exact) mass is 475 g/mol. The smallest absolute Gasteiger partial charge is 0.343 e. The fourth-order valence-electron chi connectivity index (χ4n) is 3.25. The van der Waals surface area contributed by atoms with Crippen molar-refractivity contribution in [3.63, 3.8) is 0 Å². The number of hydrogen-bond acceptors (Lipinski definition) is 6. The number of amides is 1. The van der Waals surface area contributed by atoms with E-state index in [2.05, 4.69) is 0 Å². The van der Waals surface area contributed by atoms with E-state index in [1.165, 1.54) is 11.8 Å². The van der Waals surface area contributed by atoms with Crippen LogP contribution < -0.4 is 9.47 Å². The second kappa shape index (κ2) is 10.5. The predicted molar refractivity (Wildman–Crippen MR) is 134 cm³/mol. The zero-order valence-corrected chi connectivity index (χ0v) is 19.5. The molecule has 4 rings (SSSR count). The van der Waals surface area contributed by atoms with E-state index in [9.17, 15) is 9.59 Å². The third-order valence-electron chi connectivity index (χ3n) is 5.05. The fraction of sp³-hybridized carbons (Fsp3) is 0.115. The van der Waals surface area contributed by atoms with Gasteiger partial charge < -0.3 is 9.47 Å². The molecule has 0 N–H and O–H groups in total. The topological polar surface area (TPSA) is 55.8 Å². The number of benzene rings is 3. The molecule has 5 nitrogen and oxygen atoms in total. The average Bonchev–Trinajstić information content (AvgIpc) is 3.11. The van der Waals surface area contributed by atoms with Gasteiger partial charge in [0.25, 0.3) is 5.91 Å². The Morgan fingerprint density at radius 2 is 1.64 bits per heavy atom. The molecule has 1 fully saturated rings. The third-order valence-corrected chi connectivity index (χ3v) is 6.43. The summed E-state index contributed by atoms with van der Waals surface area (Å²) in [6.45, 7) is 0.548. The van der Waals surface area contributed by atoms with E-state index in [4.69, 9.17) is 21.7 Å². The van der Waals surface area contributed by atoms with E-state index in [1.807, 2.05) is 30.3 Å². The van der Waals surface area contributed by atoms with Crippen LogP contribution in [-0.2, 0) is 11.2 Å². The van der Waals surface area contributed by atoms with Crippen LogP contribution in [-0.4, -0.2) is 34.8 Å². The summed E-state index contributed by atoms with van der Waals surface area (Å²) in [7, 11) is 1.57. The van der Waals surface area contributed by atoms with Gasteiger partial charge in [0.2, 0.25) is 0 Å². The number of hydrogen-bond donors (Lipinski definition) is 0. The lowest BCUT2D eigenvalue weighted by molar-refractivity contribution is -0.122. The molecule has 0 aromatic heterocycles. The van der Waals surface area contributed by atoms with Crippen LogP contribution in [0.15, 0.2) is 83.8 Å². The molecule has 3 aromatic rings. The SMILES string of the molecule is COc1ccc(C(=O)Oc2ccc(C=C3SC(=S)N(CCc4ccccc4)C3=O)cc2)cc1. The van der Waals surface area contributed by atoms with Gasteiger partial charge in [-0.2, -0.15) is 0 Å². The molecule has 1 amide bonds. The Hall–Kier alpha value is -3.42. The number of ether oxygens (including phenoxy) is 2. The normalized spacial score (nSPS) is 14.6. The van der Waals surface area contributed by atoms with E-state index < -0.39 is 5.97 Å². The van der Waals surface area contributed by atoms with Crippen molar-refractivity contribution in [1.82, 2.24) is 4.90 Å². The molecule has 1 saturated heterocycles. The summed E-state index contributed by atoms with van der Waals surface area (Å²) in [4.78, 5) is 27.4. The van der Waals surface area contributed by atoms with Crippen LogP contribution in [0.2, 0.25) is 0 Å². The van der Waals surface area contributed by atoms with E-state index in [1.54, 1.807) is 66.6 Å². The first-order valence-electron chi connectivity index (χ1n) is 10.3. The molecular weight excluding hydrogens is 454 g/mol. The van der Waals surface area contributed by atoms with Gasteiger partial charge in [0.15, 0.2) is 0 Å². The summed E-state index contributed by atoms with van der Waals surface area (Å²) in [6.07, 6.45) is 2.55. The molecule has 0 atom stereocenters. The van der Waals surface area contributed by atoms with Crippen LogP contribution in [0.25, 0.3) is 6.08 Å². The lowest BCUT2D eigenvalue weighted by atomic mass is 10.1. The first-order chi connectivity index (χ1) is 16.0. The Balaban J connectivity index is 1.38. The Morgan fingerprint density at radius 3 is 2.30 bits per heavy atom. The van der Waals surface area contributed by atoms with E-state index in [-0.39, 0.29) is 5.91 Å². The Kier molecular flexibility index (Phi) is 7.22. The number of thioether (sulfide) groups is 1. The standard InChI is InChI=1S/C26H21NO4S2/c1-30-21-13-9-20(10-14-21)25(29)31-22-11-7-19(8-12-22)17-23-24(28)27(26(32)33-23)16-15-18-5-3-2-4-6-18/h2-14,17H,15-16H2,1H3. The number of carbonyl (C=O) groups excluding carboxylic acids is 2. The third kappa shape index (κ3) is 5.69. The molecule has 33 heavy (non-hydrogen) atoms. The number of carbonyl (C=O) groups is 2. The van der Waals surface area contributed by atoms with Crippen LogP contribution in [0.4, 0.5) is 0 Å². The number of rotatable bonds is 7. The maximum Gasteiger partial charge on any atom is 0.343 e. The summed E-state index contributed by atoms with van der Waals surface area (Å²) in [6, 6.07) is 23.7. The predicted octanol–water partition coefficient (Wildman–Crippen LogP) is 5.36. The molecular formula is C26H21NO4S2. The van der Waals surface area contributed by atoms with Gasteiger partial charge in [-0.3, -0.25) is 9.69 Å². The lowest BCUT2D eigenvalue weighted by Gasteiger charge is -2.14. The minimum Gasteiger partial charge on any atom is -0.497 e. The Labute approximate surface area is 202 Å². The van der Waals surface area contributed by atoms with Crippen LogP contribution in [0.5, 0.6) is 11.5 Å². The molecule has 1 aliphatic rings. The van der Waals surface area contributed by atoms with Gasteiger partial charge in [-0.05, 0) is 60.0 Å². The summed E-state index contributed by atoms with van der Waals surface area (Å²) < 4.78 is 11.1. The van der Waals surface area contributed by atoms with Gasteiger partial charge >= 0.3 is 5.97 Å². The summed E-state index contributed by atoms with van der Waals surface area (Å²) >= 11 is 6.72. The van der Waals surface area contributed by atoms with E-state index in [0.717, 1.165) is 17.5 Å². The van der Waals surface area contributed by atoms with Gasteiger partial charge in [-0.1, -0.05) is 66.4 Å². The van der Waals surface area contributed by atoms with Crippen molar-refractivity contribution < 1.29 is 19.1 Å². The van der Waals surface area contributed by atoms with Crippen molar-refractivity contribution >= 4 is 46.3 Å². The van der Waals surface area contributed by atoms with Gasteiger partial charge in [0, 0.05) is 6.54 Å². The number of esters is 1. The highest BCUT2D eigenvalue weighted by molar-refractivity contribution is 8.26. The van der Waals surface area contributed by atoms with E-state index >= 15 is 0 Å². The molecule has 7 heteroatoms. The molecule has 1 heterocycles. The molecule has 0 radical (unpaired) electrons. The quantitative estimate of drug-likeness (QED) is 0.199. The number of thiocarbonyl (C=S) groups is 1. The van der Waals surface area contributed by atoms with Crippen molar-refractivity contribution in [2.75, 3.05) is 13.7 Å². The minimum atomic E-state index is -0.454. The maximum atomic E-state index is 12.8. The molecule has 0 aliphatic carbocycles. The maximum absolute atomic E-state index is 12.8. The van der Waals surface area contributed by atoms with Crippen LogP contribution in [0, 0.1) is 0 Å². The molecule has 0 saturated carbocycles. The van der Waals surface area contributed by atoms with Gasteiger partial charge in [0.05, 0.1) is 17.6 Å². The summed E-state index contributed by atoms with van der Waals surface area (Å²) in [5.41, 5.74) is 2.41. The highest BCUT2D eigenvalue weighted by Crippen LogP contribution is 2.33. The number of nitrogens with zero attached hydrogens (tertiary/aromatic N) is 1. The van der Waals surface area contributed by atoms with E-state index in [0.29, 0.717) is 32.8 Å². The summed E-state index contributed by atoms with van der Waals surface area (Å²) in [5.74, 6) is 0.547. The number of methoxy groups -OCH3 is 1. The fourth-order valence-corrected chi connectivity index (χ4v) is 4.56. The van der Waals surface area contributed by atoms with Crippen molar-refractivity contribution in [3.8, 4) is 11.5 Å². The van der Waals surface area contributed by atoms with Crippen LogP contribution in [0.1, 0.15) is 21.5 Å². The van der Waals surface area contributed by atoms with Gasteiger partial charge in [-0.15, -0.1) is 0 Å². The Morgan fingerprint density at radius 1 is 0.970 bits per heavy atom. The Bertz CT molecular complexity index is 1190. The summed E-state index contributed by atoms with van der Waals surface area (Å²) in [5, 5.41) is 0. The lowest BCUT2D eigenvalue weighted by Crippen LogP contribution is -2.30. The van der Waals surface area contributed by atoms with Crippen molar-refractivity contribution in [2.24, 2.45) is 0 Å². The molecule has 0 spiro atoms. The van der Waals surface area contributed by atoms with Crippen molar-refractivity contribution in [2.45, 2.75) is 6.42 Å². The van der Waals surface area contributed by atoms with Crippen LogP contribution >= 0.6 is 24.0 Å². The molecule has 0 unspecified atom stereocenters. The second-order valence-corrected chi connectivity index (χ2v) is 8.93. The second-order valence-electron chi connectivity index (χ2n) is 7.26. The largest absolute Gasteiger partial charge is 0.497 e. The first kappa shape index (κ1) is 22.8. The molecule has 166 valence electrons. The highest BCUT2D eigenvalue weighted by Gasteiger charge is 2.31. The minimum absolute atomic E-state index is 0.0871. The molecule has 3 aromatic carbocycles. The molecule has 1 aliphatic heterocycles. The molecule has 0 bridgehead atoms.